The first-order valence-electron chi connectivity index (χ1n) is 8.21. The second-order valence-electron chi connectivity index (χ2n) is 5.55. The number of halogens is 1. The van der Waals surface area contributed by atoms with Crippen molar-refractivity contribution >= 4 is 17.5 Å². The smallest absolute Gasteiger partial charge is 0.258 e. The van der Waals surface area contributed by atoms with Crippen LogP contribution < -0.4 is 10.1 Å². The Labute approximate surface area is 156 Å². The largest absolute Gasteiger partial charge is 0.484 e. The highest BCUT2D eigenvalue weighted by atomic mass is 35.5. The van der Waals surface area contributed by atoms with Gasteiger partial charge in [0.2, 0.25) is 0 Å². The van der Waals surface area contributed by atoms with E-state index in [0.29, 0.717) is 35.5 Å². The lowest BCUT2D eigenvalue weighted by Crippen LogP contribution is -2.28. The molecule has 0 radical (unpaired) electrons. The predicted octanol–water partition coefficient (Wildman–Crippen LogP) is 3.65. The summed E-state index contributed by atoms with van der Waals surface area (Å²) in [4.78, 5) is 16.3. The van der Waals surface area contributed by atoms with Gasteiger partial charge in [-0.1, -0.05) is 47.9 Å². The summed E-state index contributed by atoms with van der Waals surface area (Å²) in [7, 11) is 0. The zero-order valence-electron chi connectivity index (χ0n) is 14.2. The van der Waals surface area contributed by atoms with Crippen molar-refractivity contribution in [3.05, 3.63) is 64.9 Å². The van der Waals surface area contributed by atoms with Crippen LogP contribution in [-0.4, -0.2) is 22.7 Å². The average Bonchev–Trinajstić information content (AvgIpc) is 3.15. The van der Waals surface area contributed by atoms with Crippen LogP contribution in [0.5, 0.6) is 5.75 Å². The van der Waals surface area contributed by atoms with Crippen LogP contribution in [0, 0.1) is 0 Å². The molecule has 0 bridgehead atoms. The standard InChI is InChI=1S/C19H18ClN3O3/c1-2-17-22-19(26-23-17)13-7-5-8-15(10-13)25-12-18(24)21-11-14-6-3-4-9-16(14)20/h3-10H,2,11-12H2,1H3,(H,21,24). The minimum absolute atomic E-state index is 0.0993. The van der Waals surface area contributed by atoms with Crippen molar-refractivity contribution in [1.29, 1.82) is 0 Å². The number of nitrogens with one attached hydrogen (secondary N) is 1. The lowest BCUT2D eigenvalue weighted by molar-refractivity contribution is -0.123. The topological polar surface area (TPSA) is 77.2 Å². The Morgan fingerprint density at radius 1 is 1.23 bits per heavy atom. The monoisotopic (exact) mass is 371 g/mol. The number of carbonyl (C=O) groups is 1. The molecule has 1 N–H and O–H groups in total. The fourth-order valence-electron chi connectivity index (χ4n) is 2.27. The van der Waals surface area contributed by atoms with Gasteiger partial charge in [-0.15, -0.1) is 0 Å². The number of hydrogen-bond acceptors (Lipinski definition) is 5. The molecular weight excluding hydrogens is 354 g/mol. The molecule has 1 heterocycles. The summed E-state index contributed by atoms with van der Waals surface area (Å²) < 4.78 is 10.8. The first kappa shape index (κ1) is 17.9. The van der Waals surface area contributed by atoms with Crippen LogP contribution in [0.2, 0.25) is 5.02 Å². The molecule has 3 rings (SSSR count). The molecule has 1 aromatic heterocycles. The Bertz CT molecular complexity index is 895. The SMILES string of the molecule is CCc1noc(-c2cccc(OCC(=O)NCc3ccccc3Cl)c2)n1. The van der Waals surface area contributed by atoms with Gasteiger partial charge in [-0.05, 0) is 29.8 Å². The molecule has 134 valence electrons. The Kier molecular flexibility index (Phi) is 5.86. The molecule has 6 nitrogen and oxygen atoms in total. The lowest BCUT2D eigenvalue weighted by Gasteiger charge is -2.09. The molecule has 0 aliphatic heterocycles. The number of nitrogens with zero attached hydrogens (tertiary/aromatic N) is 2. The maximum Gasteiger partial charge on any atom is 0.258 e. The van der Waals surface area contributed by atoms with E-state index in [2.05, 4.69) is 15.5 Å². The fraction of sp³-hybridized carbons (Fsp3) is 0.211. The molecule has 0 aliphatic rings. The van der Waals surface area contributed by atoms with Crippen LogP contribution in [0.3, 0.4) is 0 Å². The summed E-state index contributed by atoms with van der Waals surface area (Å²) in [5, 5.41) is 7.27. The normalized spacial score (nSPS) is 10.5. The van der Waals surface area contributed by atoms with Gasteiger partial charge in [0.15, 0.2) is 12.4 Å². The van der Waals surface area contributed by atoms with Crippen LogP contribution in [0.1, 0.15) is 18.3 Å². The van der Waals surface area contributed by atoms with Crippen LogP contribution in [0.15, 0.2) is 53.1 Å². The van der Waals surface area contributed by atoms with Crippen molar-refractivity contribution in [2.75, 3.05) is 6.61 Å². The maximum atomic E-state index is 12.0. The van der Waals surface area contributed by atoms with Crippen molar-refractivity contribution in [2.24, 2.45) is 0 Å². The average molecular weight is 372 g/mol. The van der Waals surface area contributed by atoms with E-state index in [9.17, 15) is 4.79 Å². The van der Waals surface area contributed by atoms with Crippen molar-refractivity contribution < 1.29 is 14.1 Å². The van der Waals surface area contributed by atoms with Crippen molar-refractivity contribution in [2.45, 2.75) is 19.9 Å². The van der Waals surface area contributed by atoms with Crippen LogP contribution in [-0.2, 0) is 17.8 Å². The minimum atomic E-state index is -0.235. The first-order valence-corrected chi connectivity index (χ1v) is 8.59. The van der Waals surface area contributed by atoms with E-state index >= 15 is 0 Å². The van der Waals surface area contributed by atoms with Gasteiger partial charge in [0.05, 0.1) is 0 Å². The summed E-state index contributed by atoms with van der Waals surface area (Å²) in [6, 6.07) is 14.5. The molecule has 0 unspecified atom stereocenters. The molecule has 2 aromatic carbocycles. The number of ether oxygens (including phenoxy) is 1. The third kappa shape index (κ3) is 4.61. The Morgan fingerprint density at radius 3 is 2.85 bits per heavy atom. The number of rotatable bonds is 7. The van der Waals surface area contributed by atoms with E-state index in [4.69, 9.17) is 20.9 Å². The molecule has 0 saturated heterocycles. The fourth-order valence-corrected chi connectivity index (χ4v) is 2.47. The Balaban J connectivity index is 1.55. The van der Waals surface area contributed by atoms with E-state index in [1.807, 2.05) is 37.3 Å². The Morgan fingerprint density at radius 2 is 2.08 bits per heavy atom. The number of amides is 1. The van der Waals surface area contributed by atoms with Gasteiger partial charge in [-0.25, -0.2) is 0 Å². The molecule has 1 amide bonds. The highest BCUT2D eigenvalue weighted by Crippen LogP contribution is 2.22. The van der Waals surface area contributed by atoms with Gasteiger partial charge in [-0.3, -0.25) is 4.79 Å². The molecule has 0 spiro atoms. The van der Waals surface area contributed by atoms with Crippen LogP contribution in [0.4, 0.5) is 0 Å². The predicted molar refractivity (Wildman–Crippen MR) is 97.9 cm³/mol. The second kappa shape index (κ2) is 8.49. The Hall–Kier alpha value is -2.86. The zero-order chi connectivity index (χ0) is 18.4. The van der Waals surface area contributed by atoms with Gasteiger partial charge >= 0.3 is 0 Å². The molecular formula is C19H18ClN3O3. The highest BCUT2D eigenvalue weighted by Gasteiger charge is 2.10. The zero-order valence-corrected chi connectivity index (χ0v) is 15.0. The molecule has 26 heavy (non-hydrogen) atoms. The van der Waals surface area contributed by atoms with Crippen LogP contribution >= 0.6 is 11.6 Å². The summed E-state index contributed by atoms with van der Waals surface area (Å²) in [5.74, 6) is 1.38. The van der Waals surface area contributed by atoms with E-state index < -0.39 is 0 Å². The minimum Gasteiger partial charge on any atom is -0.484 e. The quantitative estimate of drug-likeness (QED) is 0.686. The molecule has 0 atom stereocenters. The van der Waals surface area contributed by atoms with Gasteiger partial charge in [0.25, 0.3) is 11.8 Å². The molecule has 3 aromatic rings. The third-order valence-electron chi connectivity index (χ3n) is 3.67. The lowest BCUT2D eigenvalue weighted by atomic mass is 10.2. The maximum absolute atomic E-state index is 12.0. The summed E-state index contributed by atoms with van der Waals surface area (Å²) >= 11 is 6.07. The first-order chi connectivity index (χ1) is 12.7. The highest BCUT2D eigenvalue weighted by molar-refractivity contribution is 6.31. The number of aryl methyl sites for hydroxylation is 1. The van der Waals surface area contributed by atoms with E-state index in [-0.39, 0.29) is 12.5 Å². The number of hydrogen-bond donors (Lipinski definition) is 1. The van der Waals surface area contributed by atoms with E-state index in [1.165, 1.54) is 0 Å². The van der Waals surface area contributed by atoms with Crippen LogP contribution in [0.25, 0.3) is 11.5 Å². The van der Waals surface area contributed by atoms with Gasteiger partial charge in [0, 0.05) is 23.6 Å². The van der Waals surface area contributed by atoms with Gasteiger partial charge in [0.1, 0.15) is 5.75 Å². The second-order valence-corrected chi connectivity index (χ2v) is 5.96. The summed E-state index contributed by atoms with van der Waals surface area (Å²) in [6.07, 6.45) is 0.700. The number of carbonyl (C=O) groups excluding carboxylic acids is 1. The summed E-state index contributed by atoms with van der Waals surface area (Å²) in [6.45, 7) is 2.21. The van der Waals surface area contributed by atoms with Crippen molar-refractivity contribution in [3.8, 4) is 17.2 Å². The van der Waals surface area contributed by atoms with E-state index in [1.54, 1.807) is 18.2 Å². The van der Waals surface area contributed by atoms with Gasteiger partial charge in [-0.2, -0.15) is 4.98 Å². The molecule has 7 heteroatoms. The molecule has 0 saturated carbocycles. The van der Waals surface area contributed by atoms with Crippen molar-refractivity contribution in [3.63, 3.8) is 0 Å². The number of benzene rings is 2. The molecule has 0 aliphatic carbocycles. The van der Waals surface area contributed by atoms with Gasteiger partial charge < -0.3 is 14.6 Å². The number of aromatic nitrogens is 2. The third-order valence-corrected chi connectivity index (χ3v) is 4.04. The van der Waals surface area contributed by atoms with Crippen molar-refractivity contribution in [1.82, 2.24) is 15.5 Å². The van der Waals surface area contributed by atoms with E-state index in [0.717, 1.165) is 11.1 Å². The molecule has 0 fully saturated rings. The summed E-state index contributed by atoms with van der Waals surface area (Å²) in [5.41, 5.74) is 1.60.